The van der Waals surface area contributed by atoms with Gasteiger partial charge in [0.15, 0.2) is 5.76 Å². The van der Waals surface area contributed by atoms with Crippen molar-refractivity contribution < 1.29 is 14.3 Å². The zero-order valence-electron chi connectivity index (χ0n) is 14.7. The van der Waals surface area contributed by atoms with Crippen molar-refractivity contribution in [1.82, 2.24) is 4.57 Å². The number of hydrogen-bond donors (Lipinski definition) is 1. The Morgan fingerprint density at radius 1 is 1.41 bits per heavy atom. The van der Waals surface area contributed by atoms with E-state index in [1.54, 1.807) is 19.1 Å². The highest BCUT2D eigenvalue weighted by molar-refractivity contribution is 9.10. The molecule has 0 radical (unpaired) electrons. The second-order valence-corrected chi connectivity index (χ2v) is 6.96. The molecule has 0 amide bonds. The van der Waals surface area contributed by atoms with E-state index in [4.69, 9.17) is 4.42 Å². The van der Waals surface area contributed by atoms with Crippen LogP contribution in [-0.2, 0) is 6.54 Å². The van der Waals surface area contributed by atoms with Crippen LogP contribution in [-0.4, -0.2) is 15.5 Å². The van der Waals surface area contributed by atoms with E-state index in [0.717, 1.165) is 14.4 Å². The smallest absolute Gasteiger partial charge is 0.271 e. The van der Waals surface area contributed by atoms with Gasteiger partial charge in [-0.1, -0.05) is 22.0 Å². The van der Waals surface area contributed by atoms with Gasteiger partial charge in [0.1, 0.15) is 17.2 Å². The van der Waals surface area contributed by atoms with Crippen LogP contribution in [0.5, 0.6) is 5.88 Å². The number of furan rings is 1. The van der Waals surface area contributed by atoms with Crippen molar-refractivity contribution in [1.29, 1.82) is 5.26 Å². The largest absolute Gasteiger partial charge is 0.494 e. The third-order valence-corrected chi connectivity index (χ3v) is 4.94. The average molecular weight is 427 g/mol. The molecule has 0 aliphatic heterocycles. The summed E-state index contributed by atoms with van der Waals surface area (Å²) >= 11 is 3.38. The molecule has 1 aromatic carbocycles. The van der Waals surface area contributed by atoms with Gasteiger partial charge in [-0.2, -0.15) is 5.26 Å². The van der Waals surface area contributed by atoms with Crippen LogP contribution in [0.3, 0.4) is 0 Å². The lowest BCUT2D eigenvalue weighted by molar-refractivity contribution is 0.101. The van der Waals surface area contributed by atoms with E-state index >= 15 is 0 Å². The molecule has 0 unspecified atom stereocenters. The number of aryl methyl sites for hydroxylation is 1. The Bertz CT molecular complexity index is 1210. The number of nitriles is 1. The number of hydrogen-bond acceptors (Lipinski definition) is 5. The summed E-state index contributed by atoms with van der Waals surface area (Å²) in [5, 5.41) is 20.7. The molecular formula is C20H15BrN2O4. The fourth-order valence-electron chi connectivity index (χ4n) is 3.04. The molecular weight excluding hydrogens is 412 g/mol. The lowest BCUT2D eigenvalue weighted by Gasteiger charge is -2.13. The fraction of sp³-hybridized carbons (Fsp3) is 0.150. The minimum atomic E-state index is -0.672. The van der Waals surface area contributed by atoms with Gasteiger partial charge in [0.2, 0.25) is 11.7 Å². The third-order valence-electron chi connectivity index (χ3n) is 4.44. The molecule has 2 aromatic heterocycles. The standard InChI is InChI=1S/C20H15BrN2O4/c1-4-7-23-19(25)14(9-22)10(2)16(20(23)26)17(24)18-11(3)13-8-12(21)5-6-15(13)27-18/h4-6,8,26H,1,7H2,2-3H3. The Morgan fingerprint density at radius 2 is 2.11 bits per heavy atom. The van der Waals surface area contributed by atoms with Crippen LogP contribution < -0.4 is 5.56 Å². The van der Waals surface area contributed by atoms with Crippen LogP contribution in [0.1, 0.15) is 32.8 Å². The van der Waals surface area contributed by atoms with Gasteiger partial charge < -0.3 is 9.52 Å². The monoisotopic (exact) mass is 426 g/mol. The molecule has 0 saturated carbocycles. The second kappa shape index (κ2) is 6.89. The number of aromatic hydroxyl groups is 1. The van der Waals surface area contributed by atoms with Crippen molar-refractivity contribution >= 4 is 32.7 Å². The molecule has 136 valence electrons. The van der Waals surface area contributed by atoms with Crippen LogP contribution in [0.2, 0.25) is 0 Å². The summed E-state index contributed by atoms with van der Waals surface area (Å²) in [4.78, 5) is 25.6. The molecule has 0 atom stereocenters. The van der Waals surface area contributed by atoms with Crippen molar-refractivity contribution in [2.24, 2.45) is 0 Å². The van der Waals surface area contributed by atoms with E-state index < -0.39 is 17.2 Å². The lowest BCUT2D eigenvalue weighted by atomic mass is 9.98. The van der Waals surface area contributed by atoms with Gasteiger partial charge in [-0.25, -0.2) is 0 Å². The molecule has 27 heavy (non-hydrogen) atoms. The number of ketones is 1. The molecule has 0 aliphatic carbocycles. The van der Waals surface area contributed by atoms with E-state index in [-0.39, 0.29) is 29.0 Å². The van der Waals surface area contributed by atoms with Crippen molar-refractivity contribution in [3.05, 3.63) is 73.7 Å². The number of halogens is 1. The quantitative estimate of drug-likeness (QED) is 0.502. The van der Waals surface area contributed by atoms with Crippen molar-refractivity contribution in [3.63, 3.8) is 0 Å². The molecule has 7 heteroatoms. The maximum absolute atomic E-state index is 13.2. The fourth-order valence-corrected chi connectivity index (χ4v) is 3.41. The normalized spacial score (nSPS) is 10.7. The highest BCUT2D eigenvalue weighted by atomic mass is 79.9. The summed E-state index contributed by atoms with van der Waals surface area (Å²) < 4.78 is 7.49. The zero-order chi connectivity index (χ0) is 19.9. The van der Waals surface area contributed by atoms with E-state index in [9.17, 15) is 20.0 Å². The first-order chi connectivity index (χ1) is 12.8. The van der Waals surface area contributed by atoms with Gasteiger partial charge in [-0.05, 0) is 37.6 Å². The summed E-state index contributed by atoms with van der Waals surface area (Å²) in [5.41, 5.74) is 0.246. The summed E-state index contributed by atoms with van der Waals surface area (Å²) in [5.74, 6) is -1.05. The van der Waals surface area contributed by atoms with Gasteiger partial charge in [0.05, 0.1) is 5.56 Å². The van der Waals surface area contributed by atoms with Crippen LogP contribution >= 0.6 is 15.9 Å². The Kier molecular flexibility index (Phi) is 4.77. The number of fused-ring (bicyclic) bond motifs is 1. The number of allylic oxidation sites excluding steroid dienone is 1. The number of pyridine rings is 1. The molecule has 1 N–H and O–H groups in total. The summed E-state index contributed by atoms with van der Waals surface area (Å²) in [6.07, 6.45) is 1.40. The second-order valence-electron chi connectivity index (χ2n) is 6.04. The summed E-state index contributed by atoms with van der Waals surface area (Å²) in [6, 6.07) is 7.17. The van der Waals surface area contributed by atoms with E-state index in [1.807, 2.05) is 12.1 Å². The minimum absolute atomic E-state index is 0.0357. The van der Waals surface area contributed by atoms with Gasteiger partial charge in [0.25, 0.3) is 5.56 Å². The number of carbonyl (C=O) groups is 1. The maximum atomic E-state index is 13.2. The molecule has 3 aromatic rings. The molecule has 6 nitrogen and oxygen atoms in total. The number of carbonyl (C=O) groups excluding carboxylic acids is 1. The number of benzene rings is 1. The van der Waals surface area contributed by atoms with Gasteiger partial charge in [-0.3, -0.25) is 14.2 Å². The number of aromatic nitrogens is 1. The van der Waals surface area contributed by atoms with Crippen molar-refractivity contribution in [3.8, 4) is 11.9 Å². The molecule has 0 fully saturated rings. The van der Waals surface area contributed by atoms with Gasteiger partial charge >= 0.3 is 0 Å². The van der Waals surface area contributed by atoms with Crippen LogP contribution in [0, 0.1) is 25.2 Å². The molecule has 0 bridgehead atoms. The first-order valence-electron chi connectivity index (χ1n) is 8.02. The first kappa shape index (κ1) is 18.7. The van der Waals surface area contributed by atoms with E-state index in [2.05, 4.69) is 22.5 Å². The lowest BCUT2D eigenvalue weighted by Crippen LogP contribution is -2.26. The van der Waals surface area contributed by atoms with Crippen LogP contribution in [0.4, 0.5) is 0 Å². The topological polar surface area (TPSA) is 96.2 Å². The Balaban J connectivity index is 2.31. The van der Waals surface area contributed by atoms with Crippen LogP contribution in [0.15, 0.2) is 44.5 Å². The SMILES string of the molecule is C=CCn1c(O)c(C(=O)c2oc3ccc(Br)cc3c2C)c(C)c(C#N)c1=O. The zero-order valence-corrected chi connectivity index (χ0v) is 16.3. The van der Waals surface area contributed by atoms with Gasteiger partial charge in [0, 0.05) is 22.0 Å². The molecule has 3 rings (SSSR count). The summed E-state index contributed by atoms with van der Waals surface area (Å²) in [7, 11) is 0. The van der Waals surface area contributed by atoms with Crippen molar-refractivity contribution in [2.45, 2.75) is 20.4 Å². The van der Waals surface area contributed by atoms with E-state index in [0.29, 0.717) is 11.1 Å². The number of rotatable bonds is 4. The average Bonchev–Trinajstić information content (AvgIpc) is 2.95. The maximum Gasteiger partial charge on any atom is 0.271 e. The minimum Gasteiger partial charge on any atom is -0.494 e. The van der Waals surface area contributed by atoms with E-state index in [1.165, 1.54) is 13.0 Å². The Hall–Kier alpha value is -3.11. The first-order valence-corrected chi connectivity index (χ1v) is 8.81. The van der Waals surface area contributed by atoms with Crippen LogP contribution in [0.25, 0.3) is 11.0 Å². The highest BCUT2D eigenvalue weighted by Gasteiger charge is 2.28. The Labute approximate surface area is 163 Å². The molecule has 0 aliphatic rings. The highest BCUT2D eigenvalue weighted by Crippen LogP contribution is 2.32. The predicted octanol–water partition coefficient (Wildman–Crippen LogP) is 3.97. The molecule has 0 saturated heterocycles. The molecule has 0 spiro atoms. The Morgan fingerprint density at radius 3 is 2.74 bits per heavy atom. The number of nitrogens with zero attached hydrogens (tertiary/aromatic N) is 2. The summed E-state index contributed by atoms with van der Waals surface area (Å²) in [6.45, 7) is 6.70. The molecule has 2 heterocycles. The van der Waals surface area contributed by atoms with Gasteiger partial charge in [-0.15, -0.1) is 6.58 Å². The third kappa shape index (κ3) is 2.88. The van der Waals surface area contributed by atoms with Crippen molar-refractivity contribution in [2.75, 3.05) is 0 Å². The predicted molar refractivity (Wildman–Crippen MR) is 104 cm³/mol.